The lowest BCUT2D eigenvalue weighted by molar-refractivity contribution is 0.0491. The fourth-order valence-corrected chi connectivity index (χ4v) is 2.19. The largest absolute Gasteiger partial charge is 0.444 e. The summed E-state index contributed by atoms with van der Waals surface area (Å²) in [6, 6.07) is 1.84. The van der Waals surface area contributed by atoms with Crippen LogP contribution in [0.25, 0.3) is 0 Å². The van der Waals surface area contributed by atoms with Gasteiger partial charge in [0.25, 0.3) is 0 Å². The lowest BCUT2D eigenvalue weighted by Gasteiger charge is -2.26. The molecule has 1 unspecified atom stereocenters. The molecule has 0 aliphatic heterocycles. The van der Waals surface area contributed by atoms with E-state index in [1.54, 1.807) is 7.05 Å². The van der Waals surface area contributed by atoms with Gasteiger partial charge in [0.15, 0.2) is 11.7 Å². The molecule has 1 heterocycles. The van der Waals surface area contributed by atoms with Crippen molar-refractivity contribution in [2.24, 2.45) is 10.9 Å². The molecule has 27 heavy (non-hydrogen) atoms. The molecular weight excluding hydrogens is 346 g/mol. The van der Waals surface area contributed by atoms with Crippen LogP contribution < -0.4 is 16.0 Å². The molecule has 0 saturated heterocycles. The Hall–Kier alpha value is -2.25. The van der Waals surface area contributed by atoms with Gasteiger partial charge in [0.2, 0.25) is 0 Å². The average molecular weight is 382 g/mol. The number of nitrogens with one attached hydrogen (secondary N) is 3. The molecule has 1 aromatic rings. The van der Waals surface area contributed by atoms with Crippen LogP contribution in [0.2, 0.25) is 0 Å². The fraction of sp³-hybridized carbons (Fsp3) is 0.737. The van der Waals surface area contributed by atoms with E-state index >= 15 is 0 Å². The first kappa shape index (κ1) is 22.8. The molecule has 0 saturated carbocycles. The van der Waals surface area contributed by atoms with Crippen LogP contribution in [0.3, 0.4) is 0 Å². The highest BCUT2D eigenvalue weighted by Gasteiger charge is 2.21. The number of guanidine groups is 1. The van der Waals surface area contributed by atoms with Crippen molar-refractivity contribution in [3.05, 3.63) is 17.5 Å². The van der Waals surface area contributed by atoms with E-state index in [1.165, 1.54) is 0 Å². The second-order valence-electron chi connectivity index (χ2n) is 8.18. The number of amides is 1. The Kier molecular flexibility index (Phi) is 8.59. The van der Waals surface area contributed by atoms with Gasteiger partial charge in [0, 0.05) is 19.7 Å². The van der Waals surface area contributed by atoms with Crippen molar-refractivity contribution in [1.82, 2.24) is 21.1 Å². The maximum absolute atomic E-state index is 12.0. The Bertz CT molecular complexity index is 617. The first-order chi connectivity index (χ1) is 12.5. The van der Waals surface area contributed by atoms with Crippen molar-refractivity contribution in [1.29, 1.82) is 0 Å². The highest BCUT2D eigenvalue weighted by Crippen LogP contribution is 2.13. The minimum absolute atomic E-state index is 0.101. The van der Waals surface area contributed by atoms with Crippen molar-refractivity contribution >= 4 is 12.1 Å². The third kappa shape index (κ3) is 8.79. The Morgan fingerprint density at radius 1 is 1.26 bits per heavy atom. The number of alkyl carbamates (subject to hydrolysis) is 1. The Morgan fingerprint density at radius 2 is 1.93 bits per heavy atom. The molecule has 154 valence electrons. The minimum Gasteiger partial charge on any atom is -0.444 e. The topological polar surface area (TPSA) is 101 Å². The number of hydrogen-bond acceptors (Lipinski definition) is 5. The van der Waals surface area contributed by atoms with E-state index in [2.05, 4.69) is 39.9 Å². The zero-order valence-electron chi connectivity index (χ0n) is 17.8. The first-order valence-corrected chi connectivity index (χ1v) is 9.41. The van der Waals surface area contributed by atoms with Gasteiger partial charge in [0.1, 0.15) is 5.60 Å². The normalized spacial score (nSPS) is 13.6. The molecule has 0 aromatic carbocycles. The maximum Gasteiger partial charge on any atom is 0.407 e. The molecule has 0 fully saturated rings. The van der Waals surface area contributed by atoms with E-state index in [1.807, 2.05) is 40.7 Å². The number of aromatic nitrogens is 1. The van der Waals surface area contributed by atoms with Crippen LogP contribution in [0, 0.1) is 5.92 Å². The van der Waals surface area contributed by atoms with Crippen LogP contribution >= 0.6 is 0 Å². The lowest BCUT2D eigenvalue weighted by atomic mass is 10.0. The molecule has 8 nitrogen and oxygen atoms in total. The van der Waals surface area contributed by atoms with Crippen molar-refractivity contribution < 1.29 is 14.1 Å². The standard InChI is InChI=1S/C19H35N5O3/c1-12(2)15-9-14(27-24-15)10-21-17(20-8)22-11-16(13(3)4)23-18(25)26-19(5,6)7/h9,12-13,16H,10-11H2,1-8H3,(H,23,25)(H2,20,21,22). The van der Waals surface area contributed by atoms with Crippen LogP contribution in [0.1, 0.15) is 65.8 Å². The molecule has 1 atom stereocenters. The summed E-state index contributed by atoms with van der Waals surface area (Å²) in [6.45, 7) is 14.7. The number of ether oxygens (including phenoxy) is 1. The summed E-state index contributed by atoms with van der Waals surface area (Å²) in [5.41, 5.74) is 0.402. The van der Waals surface area contributed by atoms with E-state index in [0.29, 0.717) is 25.0 Å². The summed E-state index contributed by atoms with van der Waals surface area (Å²) >= 11 is 0. The Morgan fingerprint density at radius 3 is 2.41 bits per heavy atom. The first-order valence-electron chi connectivity index (χ1n) is 9.41. The number of hydrogen-bond donors (Lipinski definition) is 3. The molecule has 0 spiro atoms. The van der Waals surface area contributed by atoms with Gasteiger partial charge in [0.05, 0.1) is 18.3 Å². The minimum atomic E-state index is -0.525. The van der Waals surface area contributed by atoms with E-state index < -0.39 is 11.7 Å². The van der Waals surface area contributed by atoms with Gasteiger partial charge in [-0.1, -0.05) is 32.9 Å². The van der Waals surface area contributed by atoms with Crippen molar-refractivity contribution in [3.8, 4) is 0 Å². The van der Waals surface area contributed by atoms with Crippen LogP contribution in [-0.2, 0) is 11.3 Å². The summed E-state index contributed by atoms with van der Waals surface area (Å²) in [5.74, 6) is 1.92. The van der Waals surface area contributed by atoms with Crippen molar-refractivity contribution in [2.75, 3.05) is 13.6 Å². The van der Waals surface area contributed by atoms with Crippen molar-refractivity contribution in [2.45, 2.75) is 72.6 Å². The van der Waals surface area contributed by atoms with Crippen molar-refractivity contribution in [3.63, 3.8) is 0 Å². The van der Waals surface area contributed by atoms with Crippen LogP contribution in [0.15, 0.2) is 15.6 Å². The molecule has 8 heteroatoms. The number of carbonyl (C=O) groups excluding carboxylic acids is 1. The summed E-state index contributed by atoms with van der Waals surface area (Å²) in [7, 11) is 1.70. The van der Waals surface area contributed by atoms with Crippen LogP contribution in [-0.4, -0.2) is 42.4 Å². The lowest BCUT2D eigenvalue weighted by Crippen LogP contribution is -2.50. The fourth-order valence-electron chi connectivity index (χ4n) is 2.19. The van der Waals surface area contributed by atoms with E-state index in [-0.39, 0.29) is 12.0 Å². The highest BCUT2D eigenvalue weighted by molar-refractivity contribution is 5.79. The average Bonchev–Trinajstić information content (AvgIpc) is 3.01. The summed E-state index contributed by atoms with van der Waals surface area (Å²) < 4.78 is 10.7. The molecule has 0 radical (unpaired) electrons. The number of carbonyl (C=O) groups is 1. The second-order valence-corrected chi connectivity index (χ2v) is 8.18. The van der Waals surface area contributed by atoms with E-state index in [9.17, 15) is 4.79 Å². The van der Waals surface area contributed by atoms with Crippen LogP contribution in [0.4, 0.5) is 4.79 Å². The molecule has 3 N–H and O–H groups in total. The zero-order valence-corrected chi connectivity index (χ0v) is 17.8. The maximum atomic E-state index is 12.0. The number of nitrogens with zero attached hydrogens (tertiary/aromatic N) is 2. The molecule has 0 aliphatic carbocycles. The van der Waals surface area contributed by atoms with Gasteiger partial charge in [-0.15, -0.1) is 0 Å². The van der Waals surface area contributed by atoms with Gasteiger partial charge >= 0.3 is 6.09 Å². The second kappa shape index (κ2) is 10.2. The molecule has 0 bridgehead atoms. The van der Waals surface area contributed by atoms with Gasteiger partial charge in [-0.25, -0.2) is 4.79 Å². The quantitative estimate of drug-likeness (QED) is 0.496. The van der Waals surface area contributed by atoms with Gasteiger partial charge in [-0.05, 0) is 32.6 Å². The van der Waals surface area contributed by atoms with Crippen LogP contribution in [0.5, 0.6) is 0 Å². The predicted molar refractivity (Wildman–Crippen MR) is 107 cm³/mol. The smallest absolute Gasteiger partial charge is 0.407 e. The monoisotopic (exact) mass is 381 g/mol. The van der Waals surface area contributed by atoms with Gasteiger partial charge in [-0.3, -0.25) is 4.99 Å². The predicted octanol–water partition coefficient (Wildman–Crippen LogP) is 3.01. The molecule has 1 amide bonds. The third-order valence-corrected chi connectivity index (χ3v) is 3.82. The summed E-state index contributed by atoms with van der Waals surface area (Å²) in [6.07, 6.45) is -0.422. The zero-order chi connectivity index (χ0) is 20.6. The summed E-state index contributed by atoms with van der Waals surface area (Å²) in [5, 5.41) is 13.4. The number of aliphatic imine (C=N–C) groups is 1. The van der Waals surface area contributed by atoms with E-state index in [4.69, 9.17) is 9.26 Å². The molecule has 1 rings (SSSR count). The highest BCUT2D eigenvalue weighted by atomic mass is 16.6. The molecular formula is C19H35N5O3. The third-order valence-electron chi connectivity index (χ3n) is 3.82. The Labute approximate surface area is 162 Å². The van der Waals surface area contributed by atoms with Gasteiger partial charge < -0.3 is 25.2 Å². The number of rotatable bonds is 7. The SMILES string of the molecule is CN=C(NCc1cc(C(C)C)no1)NCC(NC(=O)OC(C)(C)C)C(C)C. The molecule has 1 aromatic heterocycles. The van der Waals surface area contributed by atoms with E-state index in [0.717, 1.165) is 11.5 Å². The Balaban J connectivity index is 2.53. The molecule has 0 aliphatic rings. The van der Waals surface area contributed by atoms with Gasteiger partial charge in [-0.2, -0.15) is 0 Å². The summed E-state index contributed by atoms with van der Waals surface area (Å²) in [4.78, 5) is 16.2.